The van der Waals surface area contributed by atoms with Crippen LogP contribution in [0.2, 0.25) is 0 Å². The van der Waals surface area contributed by atoms with E-state index in [1.807, 2.05) is 7.05 Å². The fourth-order valence-corrected chi connectivity index (χ4v) is 0.433. The summed E-state index contributed by atoms with van der Waals surface area (Å²) in [6, 6.07) is 1.75. The molecule has 0 unspecified atom stereocenters. The molecular formula is C5H6N2. The van der Waals surface area contributed by atoms with E-state index in [0.29, 0.717) is 5.69 Å². The van der Waals surface area contributed by atoms with Gasteiger partial charge in [-0.05, 0) is 6.07 Å². The highest BCUT2D eigenvalue weighted by molar-refractivity contribution is 5.00. The molecule has 0 aliphatic carbocycles. The number of aryl methyl sites for hydroxylation is 1. The quantitative estimate of drug-likeness (QED) is 0.457. The van der Waals surface area contributed by atoms with Gasteiger partial charge in [0.05, 0.1) is 5.69 Å². The van der Waals surface area contributed by atoms with Gasteiger partial charge in [0.1, 0.15) is 0 Å². The van der Waals surface area contributed by atoms with E-state index >= 15 is 0 Å². The standard InChI is InChI=1S/C5H6N2/c1-5-3-4-7(2)6-5/h1,3-4H,2H3. The number of rotatable bonds is 0. The zero-order valence-corrected chi connectivity index (χ0v) is 4.13. The topological polar surface area (TPSA) is 17.8 Å². The van der Waals surface area contributed by atoms with Crippen LogP contribution in [0.15, 0.2) is 12.3 Å². The summed E-state index contributed by atoms with van der Waals surface area (Å²) in [6.07, 6.45) is 1.80. The van der Waals surface area contributed by atoms with Gasteiger partial charge >= 0.3 is 0 Å². The lowest BCUT2D eigenvalue weighted by Gasteiger charge is -1.79. The Balaban J connectivity index is 3.04. The Morgan fingerprint density at radius 3 is 2.71 bits per heavy atom. The monoisotopic (exact) mass is 94.1 g/mol. The summed E-state index contributed by atoms with van der Waals surface area (Å²) in [4.78, 5) is 0. The van der Waals surface area contributed by atoms with Gasteiger partial charge in [0.15, 0.2) is 0 Å². The Labute approximate surface area is 42.8 Å². The Kier molecular flexibility index (Phi) is 0.855. The molecule has 0 aliphatic heterocycles. The van der Waals surface area contributed by atoms with Crippen LogP contribution in [-0.4, -0.2) is 9.78 Å². The molecular weight excluding hydrogens is 88.1 g/mol. The molecule has 0 fully saturated rings. The van der Waals surface area contributed by atoms with Crippen molar-refractivity contribution in [3.63, 3.8) is 0 Å². The SMILES string of the molecule is [CH]c1ccn(C)n1. The Bertz CT molecular complexity index is 138. The zero-order chi connectivity index (χ0) is 5.28. The van der Waals surface area contributed by atoms with Crippen LogP contribution in [-0.2, 0) is 7.05 Å². The maximum atomic E-state index is 5.25. The fraction of sp³-hybridized carbons (Fsp3) is 0.200. The lowest BCUT2D eigenvalue weighted by atomic mass is 10.5. The molecule has 1 heterocycles. The van der Waals surface area contributed by atoms with Crippen LogP contribution in [0.5, 0.6) is 0 Å². The highest BCUT2D eigenvalue weighted by Crippen LogP contribution is 1.86. The molecule has 36 valence electrons. The molecule has 0 atom stereocenters. The first-order chi connectivity index (χ1) is 3.29. The molecule has 0 saturated carbocycles. The van der Waals surface area contributed by atoms with E-state index in [1.165, 1.54) is 0 Å². The van der Waals surface area contributed by atoms with Gasteiger partial charge in [-0.15, -0.1) is 0 Å². The van der Waals surface area contributed by atoms with Gasteiger partial charge < -0.3 is 0 Å². The highest BCUT2D eigenvalue weighted by atomic mass is 15.2. The van der Waals surface area contributed by atoms with Crippen LogP contribution in [0, 0.1) is 6.92 Å². The van der Waals surface area contributed by atoms with E-state index < -0.39 is 0 Å². The van der Waals surface area contributed by atoms with Gasteiger partial charge in [-0.25, -0.2) is 0 Å². The summed E-state index contributed by atoms with van der Waals surface area (Å²) < 4.78 is 1.66. The molecule has 2 radical (unpaired) electrons. The summed E-state index contributed by atoms with van der Waals surface area (Å²) in [7, 11) is 1.83. The Hall–Kier alpha value is -0.790. The maximum Gasteiger partial charge on any atom is 0.0669 e. The minimum atomic E-state index is 0.572. The second-order valence-corrected chi connectivity index (χ2v) is 1.41. The lowest BCUT2D eigenvalue weighted by molar-refractivity contribution is 0.762. The van der Waals surface area contributed by atoms with Crippen molar-refractivity contribution in [3.8, 4) is 0 Å². The zero-order valence-electron chi connectivity index (χ0n) is 4.13. The van der Waals surface area contributed by atoms with Gasteiger partial charge in [-0.2, -0.15) is 5.10 Å². The molecule has 1 aromatic rings. The summed E-state index contributed by atoms with van der Waals surface area (Å²) >= 11 is 0. The van der Waals surface area contributed by atoms with Crippen LogP contribution in [0.25, 0.3) is 0 Å². The van der Waals surface area contributed by atoms with Gasteiger partial charge in [-0.3, -0.25) is 4.68 Å². The van der Waals surface area contributed by atoms with E-state index in [2.05, 4.69) is 5.10 Å². The van der Waals surface area contributed by atoms with E-state index in [9.17, 15) is 0 Å². The van der Waals surface area contributed by atoms with Crippen LogP contribution in [0.3, 0.4) is 0 Å². The molecule has 1 rings (SSSR count). The van der Waals surface area contributed by atoms with Crippen LogP contribution >= 0.6 is 0 Å². The van der Waals surface area contributed by atoms with Crippen molar-refractivity contribution in [1.82, 2.24) is 9.78 Å². The maximum absolute atomic E-state index is 5.25. The van der Waals surface area contributed by atoms with Crippen molar-refractivity contribution in [1.29, 1.82) is 0 Å². The summed E-state index contributed by atoms with van der Waals surface area (Å²) in [5.74, 6) is 0. The fourth-order valence-electron chi connectivity index (χ4n) is 0.433. The first-order valence-electron chi connectivity index (χ1n) is 2.04. The molecule has 0 N–H and O–H groups in total. The first-order valence-corrected chi connectivity index (χ1v) is 2.04. The molecule has 0 amide bonds. The predicted molar refractivity (Wildman–Crippen MR) is 26.6 cm³/mol. The largest absolute Gasteiger partial charge is 0.276 e. The molecule has 0 saturated heterocycles. The predicted octanol–water partition coefficient (Wildman–Crippen LogP) is 0.479. The van der Waals surface area contributed by atoms with Gasteiger partial charge in [-0.1, -0.05) is 0 Å². The van der Waals surface area contributed by atoms with Crippen LogP contribution < -0.4 is 0 Å². The van der Waals surface area contributed by atoms with E-state index in [-0.39, 0.29) is 0 Å². The smallest absolute Gasteiger partial charge is 0.0669 e. The minimum Gasteiger partial charge on any atom is -0.276 e. The van der Waals surface area contributed by atoms with Crippen molar-refractivity contribution in [3.05, 3.63) is 24.9 Å². The molecule has 1 aromatic heterocycles. The summed E-state index contributed by atoms with van der Waals surface area (Å²) in [6.45, 7) is 5.25. The van der Waals surface area contributed by atoms with E-state index in [4.69, 9.17) is 6.92 Å². The normalized spacial score (nSPS) is 9.43. The number of nitrogens with zero attached hydrogens (tertiary/aromatic N) is 2. The van der Waals surface area contributed by atoms with Gasteiger partial charge in [0, 0.05) is 20.2 Å². The van der Waals surface area contributed by atoms with E-state index in [0.717, 1.165) is 0 Å². The average Bonchev–Trinajstić information content (AvgIpc) is 1.87. The Morgan fingerprint density at radius 1 is 1.86 bits per heavy atom. The summed E-state index contributed by atoms with van der Waals surface area (Å²) in [5.41, 5.74) is 0.572. The van der Waals surface area contributed by atoms with Gasteiger partial charge in [0.2, 0.25) is 0 Å². The third kappa shape index (κ3) is 0.796. The van der Waals surface area contributed by atoms with Crippen molar-refractivity contribution >= 4 is 0 Å². The number of hydrogen-bond acceptors (Lipinski definition) is 1. The molecule has 0 aliphatic rings. The number of hydrogen-bond donors (Lipinski definition) is 0. The molecule has 2 nitrogen and oxygen atoms in total. The first kappa shape index (κ1) is 4.37. The van der Waals surface area contributed by atoms with Crippen molar-refractivity contribution < 1.29 is 0 Å². The Morgan fingerprint density at radius 2 is 2.57 bits per heavy atom. The van der Waals surface area contributed by atoms with Crippen molar-refractivity contribution in [2.24, 2.45) is 7.05 Å². The second-order valence-electron chi connectivity index (χ2n) is 1.41. The van der Waals surface area contributed by atoms with Crippen molar-refractivity contribution in [2.75, 3.05) is 0 Å². The molecule has 0 aromatic carbocycles. The average molecular weight is 94.1 g/mol. The molecule has 7 heavy (non-hydrogen) atoms. The third-order valence-corrected chi connectivity index (χ3v) is 0.734. The van der Waals surface area contributed by atoms with Crippen LogP contribution in [0.4, 0.5) is 0 Å². The van der Waals surface area contributed by atoms with Crippen molar-refractivity contribution in [2.45, 2.75) is 0 Å². The molecule has 2 heteroatoms. The molecule has 0 spiro atoms. The van der Waals surface area contributed by atoms with E-state index in [1.54, 1.807) is 16.9 Å². The highest BCUT2D eigenvalue weighted by Gasteiger charge is 1.82. The molecule has 0 bridgehead atoms. The lowest BCUT2D eigenvalue weighted by Crippen LogP contribution is -1.86. The number of aromatic nitrogens is 2. The van der Waals surface area contributed by atoms with Gasteiger partial charge in [0.25, 0.3) is 0 Å². The van der Waals surface area contributed by atoms with Crippen LogP contribution in [0.1, 0.15) is 5.69 Å². The summed E-state index contributed by atoms with van der Waals surface area (Å²) in [5, 5.41) is 3.81. The third-order valence-electron chi connectivity index (χ3n) is 0.734. The minimum absolute atomic E-state index is 0.572. The second kappa shape index (κ2) is 1.37.